The summed E-state index contributed by atoms with van der Waals surface area (Å²) in [6.45, 7) is 3.33. The number of benzene rings is 2. The Balaban J connectivity index is 1.53. The third-order valence-corrected chi connectivity index (χ3v) is 6.61. The highest BCUT2D eigenvalue weighted by molar-refractivity contribution is 7.98. The summed E-state index contributed by atoms with van der Waals surface area (Å²) in [5.74, 6) is -0.263. The maximum atomic E-state index is 11.4. The number of nitrogens with zero attached hydrogens (tertiary/aromatic N) is 3. The van der Waals surface area contributed by atoms with E-state index in [0.29, 0.717) is 39.5 Å². The summed E-state index contributed by atoms with van der Waals surface area (Å²) in [6.07, 6.45) is 3.35. The summed E-state index contributed by atoms with van der Waals surface area (Å²) in [7, 11) is 0. The standard InChI is InChI=1S/C23H20Cl2N4O2S/c1-13-9-16-17(24)5-6-18(25)22(16)29(13)8-7-26-21-11-19(27-12-28-21)14-3-4-15(23(30)31)20(10-14)32-2/h3-6,9-12H,7-8H2,1-2H3,(H,30,31)(H,26,27,28). The lowest BCUT2D eigenvalue weighted by atomic mass is 10.1. The van der Waals surface area contributed by atoms with Crippen LogP contribution in [0.1, 0.15) is 16.1 Å². The summed E-state index contributed by atoms with van der Waals surface area (Å²) >= 11 is 14.1. The van der Waals surface area contributed by atoms with Crippen LogP contribution < -0.4 is 5.32 Å². The fourth-order valence-corrected chi connectivity index (χ4v) is 4.75. The molecule has 0 unspecified atom stereocenters. The van der Waals surface area contributed by atoms with Crippen molar-refractivity contribution in [1.82, 2.24) is 14.5 Å². The molecule has 0 spiro atoms. The Kier molecular flexibility index (Phi) is 6.60. The molecule has 2 aromatic heterocycles. The van der Waals surface area contributed by atoms with Crippen LogP contribution in [-0.2, 0) is 6.54 Å². The Morgan fingerprint density at radius 1 is 1.12 bits per heavy atom. The Morgan fingerprint density at radius 3 is 2.66 bits per heavy atom. The SMILES string of the molecule is CSc1cc(-c2cc(NCCn3c(C)cc4c(Cl)ccc(Cl)c43)ncn2)ccc1C(=O)O. The molecule has 0 fully saturated rings. The number of halogens is 2. The van der Waals surface area contributed by atoms with Gasteiger partial charge in [-0.25, -0.2) is 14.8 Å². The largest absolute Gasteiger partial charge is 0.478 e. The smallest absolute Gasteiger partial charge is 0.336 e. The van der Waals surface area contributed by atoms with E-state index in [2.05, 4.69) is 19.9 Å². The highest BCUT2D eigenvalue weighted by Gasteiger charge is 2.13. The quantitative estimate of drug-likeness (QED) is 0.300. The second-order valence-electron chi connectivity index (χ2n) is 7.16. The molecule has 4 rings (SSSR count). The van der Waals surface area contributed by atoms with E-state index < -0.39 is 5.97 Å². The van der Waals surface area contributed by atoms with Crippen molar-refractivity contribution in [2.45, 2.75) is 18.4 Å². The van der Waals surface area contributed by atoms with Gasteiger partial charge in [0.1, 0.15) is 12.1 Å². The van der Waals surface area contributed by atoms with Crippen LogP contribution in [0.25, 0.3) is 22.2 Å². The van der Waals surface area contributed by atoms with E-state index in [-0.39, 0.29) is 5.56 Å². The first kappa shape index (κ1) is 22.5. The van der Waals surface area contributed by atoms with Crippen LogP contribution in [0.5, 0.6) is 0 Å². The van der Waals surface area contributed by atoms with Gasteiger partial charge in [-0.2, -0.15) is 0 Å². The Hall–Kier alpha value is -2.74. The van der Waals surface area contributed by atoms with Gasteiger partial charge in [0.05, 0.1) is 26.8 Å². The van der Waals surface area contributed by atoms with E-state index in [4.69, 9.17) is 23.2 Å². The van der Waals surface area contributed by atoms with Gasteiger partial charge in [-0.05, 0) is 43.5 Å². The number of carbonyl (C=O) groups is 1. The molecule has 0 bridgehead atoms. The number of anilines is 1. The third-order valence-electron chi connectivity index (χ3n) is 5.20. The maximum absolute atomic E-state index is 11.4. The minimum absolute atomic E-state index is 0.279. The summed E-state index contributed by atoms with van der Waals surface area (Å²) in [4.78, 5) is 20.7. The second kappa shape index (κ2) is 9.40. The predicted octanol–water partition coefficient (Wildman–Crippen LogP) is 6.25. The summed E-state index contributed by atoms with van der Waals surface area (Å²) in [5, 5.41) is 14.9. The molecule has 0 saturated heterocycles. The van der Waals surface area contributed by atoms with Crippen molar-refractivity contribution < 1.29 is 9.90 Å². The van der Waals surface area contributed by atoms with Crippen molar-refractivity contribution in [3.63, 3.8) is 0 Å². The lowest BCUT2D eigenvalue weighted by molar-refractivity contribution is 0.0693. The summed E-state index contributed by atoms with van der Waals surface area (Å²) < 4.78 is 2.13. The second-order valence-corrected chi connectivity index (χ2v) is 8.83. The average Bonchev–Trinajstić information content (AvgIpc) is 3.13. The number of carboxylic acid groups (broad SMARTS) is 1. The first-order valence-electron chi connectivity index (χ1n) is 9.80. The van der Waals surface area contributed by atoms with Crippen LogP contribution in [0.2, 0.25) is 10.0 Å². The molecule has 2 heterocycles. The van der Waals surface area contributed by atoms with E-state index in [9.17, 15) is 9.90 Å². The predicted molar refractivity (Wildman–Crippen MR) is 131 cm³/mol. The van der Waals surface area contributed by atoms with Crippen molar-refractivity contribution >= 4 is 57.7 Å². The molecule has 2 aromatic carbocycles. The molecule has 6 nitrogen and oxygen atoms in total. The lowest BCUT2D eigenvalue weighted by Gasteiger charge is -2.12. The Labute approximate surface area is 199 Å². The fourth-order valence-electron chi connectivity index (χ4n) is 3.65. The molecule has 0 saturated carbocycles. The highest BCUT2D eigenvalue weighted by Crippen LogP contribution is 2.32. The molecule has 0 atom stereocenters. The van der Waals surface area contributed by atoms with E-state index in [1.807, 2.05) is 43.5 Å². The molecule has 2 N–H and O–H groups in total. The minimum Gasteiger partial charge on any atom is -0.478 e. The van der Waals surface area contributed by atoms with E-state index in [0.717, 1.165) is 22.2 Å². The maximum Gasteiger partial charge on any atom is 0.336 e. The molecule has 4 aromatic rings. The van der Waals surface area contributed by atoms with Gasteiger partial charge in [-0.3, -0.25) is 0 Å². The van der Waals surface area contributed by atoms with Crippen molar-refractivity contribution in [3.8, 4) is 11.3 Å². The van der Waals surface area contributed by atoms with Crippen molar-refractivity contribution in [2.24, 2.45) is 0 Å². The van der Waals surface area contributed by atoms with Crippen molar-refractivity contribution in [2.75, 3.05) is 18.1 Å². The van der Waals surface area contributed by atoms with Gasteiger partial charge in [0.2, 0.25) is 0 Å². The zero-order valence-electron chi connectivity index (χ0n) is 17.4. The number of aromatic nitrogens is 3. The van der Waals surface area contributed by atoms with Crippen LogP contribution in [0.15, 0.2) is 53.7 Å². The lowest BCUT2D eigenvalue weighted by Crippen LogP contribution is -2.12. The summed E-state index contributed by atoms with van der Waals surface area (Å²) in [6, 6.07) is 12.7. The molecule has 0 amide bonds. The first-order valence-corrected chi connectivity index (χ1v) is 11.8. The van der Waals surface area contributed by atoms with Crippen LogP contribution in [0.3, 0.4) is 0 Å². The van der Waals surface area contributed by atoms with Gasteiger partial charge in [-0.1, -0.05) is 29.3 Å². The van der Waals surface area contributed by atoms with E-state index >= 15 is 0 Å². The topological polar surface area (TPSA) is 80.0 Å². The number of aromatic carboxylic acids is 1. The van der Waals surface area contributed by atoms with Gasteiger partial charge in [0, 0.05) is 40.7 Å². The molecule has 0 aliphatic carbocycles. The van der Waals surface area contributed by atoms with Gasteiger partial charge in [-0.15, -0.1) is 11.8 Å². The molecule has 0 aliphatic rings. The van der Waals surface area contributed by atoms with E-state index in [1.54, 1.807) is 12.1 Å². The molecule has 9 heteroatoms. The molecular weight excluding hydrogens is 467 g/mol. The summed E-state index contributed by atoms with van der Waals surface area (Å²) in [5.41, 5.74) is 3.82. The molecular formula is C23H20Cl2N4O2S. The van der Waals surface area contributed by atoms with Crippen molar-refractivity contribution in [1.29, 1.82) is 0 Å². The minimum atomic E-state index is -0.944. The highest BCUT2D eigenvalue weighted by atomic mass is 35.5. The zero-order chi connectivity index (χ0) is 22.8. The molecule has 164 valence electrons. The van der Waals surface area contributed by atoms with Crippen molar-refractivity contribution in [3.05, 3.63) is 70.1 Å². The number of nitrogens with one attached hydrogen (secondary N) is 1. The van der Waals surface area contributed by atoms with Gasteiger partial charge >= 0.3 is 5.97 Å². The number of hydrogen-bond donors (Lipinski definition) is 2. The third kappa shape index (κ3) is 4.41. The van der Waals surface area contributed by atoms with Crippen LogP contribution in [0.4, 0.5) is 5.82 Å². The van der Waals surface area contributed by atoms with Crippen LogP contribution in [0, 0.1) is 6.92 Å². The van der Waals surface area contributed by atoms with Gasteiger partial charge in [0.25, 0.3) is 0 Å². The average molecular weight is 487 g/mol. The van der Waals surface area contributed by atoms with Gasteiger partial charge < -0.3 is 15.0 Å². The number of carboxylic acids is 1. The fraction of sp³-hybridized carbons (Fsp3) is 0.174. The Bertz CT molecular complexity index is 1320. The number of aryl methyl sites for hydroxylation is 1. The number of hydrogen-bond acceptors (Lipinski definition) is 5. The normalized spacial score (nSPS) is 11.1. The molecule has 0 aliphatic heterocycles. The van der Waals surface area contributed by atoms with E-state index in [1.165, 1.54) is 18.1 Å². The number of rotatable bonds is 7. The number of fused-ring (bicyclic) bond motifs is 1. The Morgan fingerprint density at radius 2 is 1.91 bits per heavy atom. The van der Waals surface area contributed by atoms with Crippen LogP contribution in [-0.4, -0.2) is 38.4 Å². The molecule has 0 radical (unpaired) electrons. The molecule has 32 heavy (non-hydrogen) atoms. The zero-order valence-corrected chi connectivity index (χ0v) is 19.7. The number of thioether (sulfide) groups is 1. The monoisotopic (exact) mass is 486 g/mol. The van der Waals surface area contributed by atoms with Gasteiger partial charge in [0.15, 0.2) is 0 Å². The van der Waals surface area contributed by atoms with Crippen LogP contribution >= 0.6 is 35.0 Å². The first-order chi connectivity index (χ1) is 15.4.